The Morgan fingerprint density at radius 1 is 0.844 bits per heavy atom. The van der Waals surface area contributed by atoms with E-state index in [-0.39, 0.29) is 17.2 Å². The van der Waals surface area contributed by atoms with Gasteiger partial charge in [0.15, 0.2) is 0 Å². The first-order valence-electron chi connectivity index (χ1n) is 9.93. The number of hydrogen-bond donors (Lipinski definition) is 2. The third kappa shape index (κ3) is 5.60. The average molecular weight is 464 g/mol. The molecule has 1 amide bonds. The molecule has 162 valence electrons. The molecule has 1 aromatic heterocycles. The molecule has 1 heterocycles. The summed E-state index contributed by atoms with van der Waals surface area (Å²) in [6, 6.07) is 24.8. The third-order valence-electron chi connectivity index (χ3n) is 4.64. The molecule has 32 heavy (non-hydrogen) atoms. The number of nitrogens with zero attached hydrogens (tertiary/aromatic N) is 1. The van der Waals surface area contributed by atoms with Gasteiger partial charge in [-0.3, -0.25) is 9.52 Å². The second kappa shape index (κ2) is 9.76. The summed E-state index contributed by atoms with van der Waals surface area (Å²) < 4.78 is 27.8. The zero-order valence-electron chi connectivity index (χ0n) is 17.1. The highest BCUT2D eigenvalue weighted by Crippen LogP contribution is 2.25. The lowest BCUT2D eigenvalue weighted by Crippen LogP contribution is -2.18. The second-order valence-electron chi connectivity index (χ2n) is 7.08. The monoisotopic (exact) mass is 463 g/mol. The SMILES string of the molecule is O=C(Cc1csc(Cc2ccccc2)n1)Nc1ccccc1NS(=O)(=O)c1ccccc1. The first-order valence-corrected chi connectivity index (χ1v) is 12.3. The molecular formula is C24H21N3O3S2. The number of rotatable bonds is 8. The van der Waals surface area contributed by atoms with Gasteiger partial charge in [0.25, 0.3) is 10.0 Å². The van der Waals surface area contributed by atoms with Gasteiger partial charge >= 0.3 is 0 Å². The summed E-state index contributed by atoms with van der Waals surface area (Å²) in [4.78, 5) is 17.3. The van der Waals surface area contributed by atoms with Crippen molar-refractivity contribution in [3.8, 4) is 0 Å². The van der Waals surface area contributed by atoms with Crippen molar-refractivity contribution >= 4 is 38.6 Å². The van der Waals surface area contributed by atoms with Crippen LogP contribution in [-0.2, 0) is 27.7 Å². The number of aromatic nitrogens is 1. The molecule has 0 spiro atoms. The van der Waals surface area contributed by atoms with E-state index in [0.29, 0.717) is 17.1 Å². The van der Waals surface area contributed by atoms with E-state index in [1.807, 2.05) is 35.7 Å². The second-order valence-corrected chi connectivity index (χ2v) is 9.71. The molecule has 3 aromatic carbocycles. The van der Waals surface area contributed by atoms with Crippen LogP contribution < -0.4 is 10.0 Å². The van der Waals surface area contributed by atoms with E-state index in [0.717, 1.165) is 17.0 Å². The maximum absolute atomic E-state index is 12.7. The lowest BCUT2D eigenvalue weighted by Gasteiger charge is -2.13. The van der Waals surface area contributed by atoms with Gasteiger partial charge in [-0.25, -0.2) is 13.4 Å². The fourth-order valence-electron chi connectivity index (χ4n) is 3.13. The number of nitrogens with one attached hydrogen (secondary N) is 2. The number of thiazole rings is 1. The Morgan fingerprint density at radius 2 is 1.47 bits per heavy atom. The van der Waals surface area contributed by atoms with Gasteiger partial charge in [-0.2, -0.15) is 0 Å². The molecule has 6 nitrogen and oxygen atoms in total. The highest BCUT2D eigenvalue weighted by molar-refractivity contribution is 7.92. The number of amides is 1. The van der Waals surface area contributed by atoms with Gasteiger partial charge in [0.1, 0.15) is 0 Å². The van der Waals surface area contributed by atoms with E-state index in [1.165, 1.54) is 23.5 Å². The molecule has 2 N–H and O–H groups in total. The summed E-state index contributed by atoms with van der Waals surface area (Å²) in [5.74, 6) is -0.270. The van der Waals surface area contributed by atoms with Crippen LogP contribution in [0.1, 0.15) is 16.3 Å². The topological polar surface area (TPSA) is 88.2 Å². The van der Waals surface area contributed by atoms with Crippen molar-refractivity contribution < 1.29 is 13.2 Å². The number of sulfonamides is 1. The van der Waals surface area contributed by atoms with Crippen LogP contribution in [0.3, 0.4) is 0 Å². The van der Waals surface area contributed by atoms with Crippen molar-refractivity contribution in [2.75, 3.05) is 10.0 Å². The Hall–Kier alpha value is -3.49. The van der Waals surface area contributed by atoms with Gasteiger partial charge in [0.2, 0.25) is 5.91 Å². The predicted octanol–water partition coefficient (Wildman–Crippen LogP) is 4.72. The minimum atomic E-state index is -3.77. The van der Waals surface area contributed by atoms with Gasteiger partial charge in [0, 0.05) is 11.8 Å². The molecule has 0 radical (unpaired) electrons. The molecule has 4 rings (SSSR count). The summed E-state index contributed by atoms with van der Waals surface area (Å²) in [6.45, 7) is 0. The minimum Gasteiger partial charge on any atom is -0.324 e. The lowest BCUT2D eigenvalue weighted by molar-refractivity contribution is -0.115. The zero-order chi connectivity index (χ0) is 22.4. The van der Waals surface area contributed by atoms with Crippen LogP contribution in [0.4, 0.5) is 11.4 Å². The normalized spacial score (nSPS) is 11.1. The summed E-state index contributed by atoms with van der Waals surface area (Å²) in [5.41, 5.74) is 2.53. The van der Waals surface area contributed by atoms with Crippen molar-refractivity contribution in [2.24, 2.45) is 0 Å². The van der Waals surface area contributed by atoms with Gasteiger partial charge in [-0.1, -0.05) is 60.7 Å². The molecule has 0 fully saturated rings. The van der Waals surface area contributed by atoms with Crippen LogP contribution >= 0.6 is 11.3 Å². The number of para-hydroxylation sites is 2. The summed E-state index contributed by atoms with van der Waals surface area (Å²) >= 11 is 1.52. The van der Waals surface area contributed by atoms with E-state index in [4.69, 9.17) is 0 Å². The first-order chi connectivity index (χ1) is 15.5. The van der Waals surface area contributed by atoms with Gasteiger partial charge < -0.3 is 5.32 Å². The highest BCUT2D eigenvalue weighted by Gasteiger charge is 2.17. The zero-order valence-corrected chi connectivity index (χ0v) is 18.7. The predicted molar refractivity (Wildman–Crippen MR) is 127 cm³/mol. The van der Waals surface area contributed by atoms with E-state index in [9.17, 15) is 13.2 Å². The quantitative estimate of drug-likeness (QED) is 0.396. The van der Waals surface area contributed by atoms with Crippen molar-refractivity contribution in [1.29, 1.82) is 0 Å². The highest BCUT2D eigenvalue weighted by atomic mass is 32.2. The summed E-state index contributed by atoms with van der Waals surface area (Å²) in [5, 5.41) is 5.61. The molecule has 0 saturated heterocycles. The van der Waals surface area contributed by atoms with Crippen LogP contribution in [0, 0.1) is 0 Å². The maximum atomic E-state index is 12.7. The standard InChI is InChI=1S/C24H21N3O3S2/c28-23(16-19-17-31-24(25-19)15-18-9-3-1-4-10-18)26-21-13-7-8-14-22(21)27-32(29,30)20-11-5-2-6-12-20/h1-14,17,27H,15-16H2,(H,26,28). The molecule has 4 aromatic rings. The van der Waals surface area contributed by atoms with Crippen LogP contribution in [0.2, 0.25) is 0 Å². The largest absolute Gasteiger partial charge is 0.324 e. The lowest BCUT2D eigenvalue weighted by atomic mass is 10.2. The molecule has 0 aliphatic rings. The number of anilines is 2. The molecule has 0 unspecified atom stereocenters. The number of carbonyl (C=O) groups excluding carboxylic acids is 1. The van der Waals surface area contributed by atoms with Crippen LogP contribution in [-0.4, -0.2) is 19.3 Å². The Labute approximate surface area is 191 Å². The van der Waals surface area contributed by atoms with Crippen molar-refractivity contribution in [2.45, 2.75) is 17.7 Å². The smallest absolute Gasteiger partial charge is 0.261 e. The molecule has 0 aliphatic heterocycles. The summed E-state index contributed by atoms with van der Waals surface area (Å²) in [7, 11) is -3.77. The van der Waals surface area contributed by atoms with E-state index >= 15 is 0 Å². The Bertz CT molecular complexity index is 1300. The number of carbonyl (C=O) groups is 1. The molecule has 0 atom stereocenters. The fourth-order valence-corrected chi connectivity index (χ4v) is 5.05. The van der Waals surface area contributed by atoms with Crippen LogP contribution in [0.15, 0.2) is 95.2 Å². The number of hydrogen-bond acceptors (Lipinski definition) is 5. The average Bonchev–Trinajstić information content (AvgIpc) is 3.22. The molecule has 0 saturated carbocycles. The molecular weight excluding hydrogens is 442 g/mol. The van der Waals surface area contributed by atoms with Gasteiger partial charge in [0.05, 0.1) is 33.4 Å². The maximum Gasteiger partial charge on any atom is 0.261 e. The molecule has 8 heteroatoms. The first kappa shape index (κ1) is 21.7. The van der Waals surface area contributed by atoms with Crippen LogP contribution in [0.25, 0.3) is 0 Å². The molecule has 0 bridgehead atoms. The summed E-state index contributed by atoms with van der Waals surface area (Å²) in [6.07, 6.45) is 0.822. The van der Waals surface area contributed by atoms with Crippen molar-refractivity contribution in [3.63, 3.8) is 0 Å². The number of benzene rings is 3. The third-order valence-corrected chi connectivity index (χ3v) is 6.92. The minimum absolute atomic E-state index is 0.102. The van der Waals surface area contributed by atoms with Gasteiger partial charge in [-0.15, -0.1) is 11.3 Å². The van der Waals surface area contributed by atoms with E-state index < -0.39 is 10.0 Å². The Morgan fingerprint density at radius 3 is 2.19 bits per heavy atom. The Balaban J connectivity index is 1.42. The fraction of sp³-hybridized carbons (Fsp3) is 0.0833. The van der Waals surface area contributed by atoms with Crippen molar-refractivity contribution in [3.05, 3.63) is 107 Å². The van der Waals surface area contributed by atoms with Gasteiger partial charge in [-0.05, 0) is 29.8 Å². The van der Waals surface area contributed by atoms with Crippen molar-refractivity contribution in [1.82, 2.24) is 4.98 Å². The van der Waals surface area contributed by atoms with E-state index in [1.54, 1.807) is 42.5 Å². The van der Waals surface area contributed by atoms with Crippen LogP contribution in [0.5, 0.6) is 0 Å². The van der Waals surface area contributed by atoms with E-state index in [2.05, 4.69) is 15.0 Å². The Kier molecular flexibility index (Phi) is 6.63. The molecule has 0 aliphatic carbocycles.